The standard InChI is InChI=1S/C26H31N3O5/c27-26(9-12-30)22(16-24(31)32)7-5-20-15-21(6-8-23(20)26)25(33)19-3-1-18(2-4-19)17-28-29-10-13-34-14-11-29/h1-4,6,8,15,17,22,30H,5,7,9-14,16,27H2,(H,31,32). The predicted octanol–water partition coefficient (Wildman–Crippen LogP) is 2.16. The van der Waals surface area contributed by atoms with Crippen LogP contribution in [0.2, 0.25) is 0 Å². The molecule has 0 bridgehead atoms. The van der Waals surface area contributed by atoms with E-state index in [-0.39, 0.29) is 31.1 Å². The van der Waals surface area contributed by atoms with Gasteiger partial charge in [0.15, 0.2) is 5.78 Å². The van der Waals surface area contributed by atoms with Crippen LogP contribution >= 0.6 is 0 Å². The summed E-state index contributed by atoms with van der Waals surface area (Å²) in [6, 6.07) is 12.8. The van der Waals surface area contributed by atoms with Crippen molar-refractivity contribution >= 4 is 18.0 Å². The summed E-state index contributed by atoms with van der Waals surface area (Å²) in [6.45, 7) is 2.76. The zero-order chi connectivity index (χ0) is 24.1. The number of hydrazone groups is 1. The Kier molecular flexibility index (Phi) is 7.41. The zero-order valence-corrected chi connectivity index (χ0v) is 19.2. The topological polar surface area (TPSA) is 125 Å². The van der Waals surface area contributed by atoms with Crippen LogP contribution in [-0.4, -0.2) is 66.1 Å². The number of aryl methyl sites for hydroxylation is 1. The fourth-order valence-corrected chi connectivity index (χ4v) is 4.93. The number of fused-ring (bicyclic) bond motifs is 1. The average Bonchev–Trinajstić information content (AvgIpc) is 2.85. The smallest absolute Gasteiger partial charge is 0.303 e. The number of morpholine rings is 1. The van der Waals surface area contributed by atoms with Crippen LogP contribution in [0.5, 0.6) is 0 Å². The van der Waals surface area contributed by atoms with Gasteiger partial charge in [0.25, 0.3) is 0 Å². The number of hydrogen-bond donors (Lipinski definition) is 3. The van der Waals surface area contributed by atoms with E-state index in [1.165, 1.54) is 0 Å². The van der Waals surface area contributed by atoms with Crippen LogP contribution < -0.4 is 5.73 Å². The summed E-state index contributed by atoms with van der Waals surface area (Å²) >= 11 is 0. The number of ketones is 1. The lowest BCUT2D eigenvalue weighted by Crippen LogP contribution is -2.49. The van der Waals surface area contributed by atoms with E-state index in [9.17, 15) is 19.8 Å². The van der Waals surface area contributed by atoms with Gasteiger partial charge in [0.2, 0.25) is 0 Å². The third-order valence-electron chi connectivity index (χ3n) is 6.84. The molecular weight excluding hydrogens is 434 g/mol. The van der Waals surface area contributed by atoms with E-state index < -0.39 is 11.5 Å². The van der Waals surface area contributed by atoms with Gasteiger partial charge in [-0.3, -0.25) is 14.6 Å². The van der Waals surface area contributed by atoms with Gasteiger partial charge in [0.1, 0.15) is 0 Å². The van der Waals surface area contributed by atoms with E-state index in [1.807, 2.05) is 29.3 Å². The van der Waals surface area contributed by atoms with E-state index >= 15 is 0 Å². The molecule has 0 aromatic heterocycles. The molecule has 2 aromatic carbocycles. The summed E-state index contributed by atoms with van der Waals surface area (Å²) < 4.78 is 5.32. The van der Waals surface area contributed by atoms with Gasteiger partial charge < -0.3 is 20.7 Å². The van der Waals surface area contributed by atoms with Gasteiger partial charge in [-0.15, -0.1) is 0 Å². The summed E-state index contributed by atoms with van der Waals surface area (Å²) in [5, 5.41) is 25.3. The molecule has 1 saturated heterocycles. The first kappa shape index (κ1) is 24.1. The van der Waals surface area contributed by atoms with Crippen molar-refractivity contribution in [1.29, 1.82) is 0 Å². The molecule has 180 valence electrons. The van der Waals surface area contributed by atoms with E-state index in [0.717, 1.165) is 29.8 Å². The van der Waals surface area contributed by atoms with Gasteiger partial charge in [0, 0.05) is 23.3 Å². The van der Waals surface area contributed by atoms with Crippen molar-refractivity contribution in [1.82, 2.24) is 5.01 Å². The van der Waals surface area contributed by atoms with Crippen LogP contribution in [-0.2, 0) is 21.5 Å². The maximum atomic E-state index is 13.1. The van der Waals surface area contributed by atoms with Gasteiger partial charge in [-0.2, -0.15) is 5.10 Å². The highest BCUT2D eigenvalue weighted by Crippen LogP contribution is 2.42. The molecule has 2 unspecified atom stereocenters. The Morgan fingerprint density at radius 2 is 1.85 bits per heavy atom. The molecule has 1 fully saturated rings. The number of ether oxygens (including phenoxy) is 1. The number of aliphatic carboxylic acids is 1. The van der Waals surface area contributed by atoms with Gasteiger partial charge in [-0.1, -0.05) is 36.4 Å². The summed E-state index contributed by atoms with van der Waals surface area (Å²) in [4.78, 5) is 24.5. The van der Waals surface area contributed by atoms with Gasteiger partial charge in [-0.25, -0.2) is 0 Å². The van der Waals surface area contributed by atoms with Gasteiger partial charge in [0.05, 0.1) is 38.9 Å². The van der Waals surface area contributed by atoms with Crippen LogP contribution in [0.25, 0.3) is 0 Å². The molecule has 2 aliphatic rings. The predicted molar refractivity (Wildman–Crippen MR) is 128 cm³/mol. The van der Waals surface area contributed by atoms with Crippen molar-refractivity contribution in [3.63, 3.8) is 0 Å². The molecule has 4 N–H and O–H groups in total. The second-order valence-corrected chi connectivity index (χ2v) is 8.98. The molecular formula is C26H31N3O5. The van der Waals surface area contributed by atoms with Crippen LogP contribution in [0.4, 0.5) is 0 Å². The molecule has 0 radical (unpaired) electrons. The number of aliphatic hydroxyl groups is 1. The van der Waals surface area contributed by atoms with Crippen LogP contribution in [0.3, 0.4) is 0 Å². The maximum Gasteiger partial charge on any atom is 0.303 e. The summed E-state index contributed by atoms with van der Waals surface area (Å²) in [5.41, 5.74) is 9.58. The third kappa shape index (κ3) is 5.19. The van der Waals surface area contributed by atoms with Crippen molar-refractivity contribution in [2.45, 2.75) is 31.2 Å². The molecule has 1 aliphatic heterocycles. The molecule has 2 atom stereocenters. The molecule has 1 aliphatic carbocycles. The molecule has 0 saturated carbocycles. The molecule has 8 heteroatoms. The molecule has 0 spiro atoms. The quantitative estimate of drug-likeness (QED) is 0.403. The Morgan fingerprint density at radius 1 is 1.15 bits per heavy atom. The molecule has 8 nitrogen and oxygen atoms in total. The molecule has 0 amide bonds. The van der Waals surface area contributed by atoms with Crippen molar-refractivity contribution in [3.8, 4) is 0 Å². The molecule has 1 heterocycles. The highest BCUT2D eigenvalue weighted by atomic mass is 16.5. The SMILES string of the molecule is NC1(CCO)c2ccc(C(=O)c3ccc(C=NN4CCOCC4)cc3)cc2CCC1CC(=O)O. The lowest BCUT2D eigenvalue weighted by molar-refractivity contribution is -0.139. The van der Waals surface area contributed by atoms with Crippen LogP contribution in [0.15, 0.2) is 47.6 Å². The lowest BCUT2D eigenvalue weighted by atomic mass is 9.66. The first-order valence-electron chi connectivity index (χ1n) is 11.7. The number of aliphatic hydroxyl groups excluding tert-OH is 1. The van der Waals surface area contributed by atoms with Crippen LogP contribution in [0.1, 0.15) is 51.9 Å². The second-order valence-electron chi connectivity index (χ2n) is 8.98. The normalized spacial score (nSPS) is 22.5. The van der Waals surface area contributed by atoms with E-state index in [4.69, 9.17) is 10.5 Å². The fraction of sp³-hybridized carbons (Fsp3) is 0.423. The monoisotopic (exact) mass is 465 g/mol. The highest BCUT2D eigenvalue weighted by Gasteiger charge is 2.41. The van der Waals surface area contributed by atoms with Gasteiger partial charge in [-0.05, 0) is 47.9 Å². The molecule has 2 aromatic rings. The first-order chi connectivity index (χ1) is 16.4. The molecule has 34 heavy (non-hydrogen) atoms. The number of hydrogen-bond acceptors (Lipinski definition) is 7. The van der Waals surface area contributed by atoms with E-state index in [1.54, 1.807) is 24.4 Å². The minimum absolute atomic E-state index is 0.0438. The Bertz CT molecular complexity index is 1060. The Balaban J connectivity index is 1.51. The number of rotatable bonds is 8. The summed E-state index contributed by atoms with van der Waals surface area (Å²) in [6.07, 6.45) is 3.27. The summed E-state index contributed by atoms with van der Waals surface area (Å²) in [7, 11) is 0. The Morgan fingerprint density at radius 3 is 2.53 bits per heavy atom. The van der Waals surface area contributed by atoms with Crippen molar-refractivity contribution in [3.05, 3.63) is 70.3 Å². The average molecular weight is 466 g/mol. The number of carboxylic acid groups (broad SMARTS) is 1. The number of carboxylic acids is 1. The maximum absolute atomic E-state index is 13.1. The van der Waals surface area contributed by atoms with E-state index in [2.05, 4.69) is 5.10 Å². The number of nitrogens with two attached hydrogens (primary N) is 1. The number of nitrogens with zero attached hydrogens (tertiary/aromatic N) is 2. The highest BCUT2D eigenvalue weighted by molar-refractivity contribution is 6.09. The molecule has 4 rings (SSSR count). The zero-order valence-electron chi connectivity index (χ0n) is 19.2. The van der Waals surface area contributed by atoms with Crippen molar-refractivity contribution in [2.75, 3.05) is 32.9 Å². The Labute approximate surface area is 199 Å². The second kappa shape index (κ2) is 10.5. The fourth-order valence-electron chi connectivity index (χ4n) is 4.93. The largest absolute Gasteiger partial charge is 0.481 e. The minimum atomic E-state index is -0.927. The number of benzene rings is 2. The number of carbonyl (C=O) groups is 2. The first-order valence-corrected chi connectivity index (χ1v) is 11.7. The van der Waals surface area contributed by atoms with Crippen molar-refractivity contribution < 1.29 is 24.5 Å². The van der Waals surface area contributed by atoms with E-state index in [0.29, 0.717) is 37.2 Å². The number of carbonyl (C=O) groups excluding carboxylic acids is 1. The minimum Gasteiger partial charge on any atom is -0.481 e. The Hall–Kier alpha value is -3.07. The van der Waals surface area contributed by atoms with Crippen LogP contribution in [0, 0.1) is 5.92 Å². The van der Waals surface area contributed by atoms with Crippen molar-refractivity contribution in [2.24, 2.45) is 16.8 Å². The lowest BCUT2D eigenvalue weighted by Gasteiger charge is -2.42. The van der Waals surface area contributed by atoms with Gasteiger partial charge >= 0.3 is 5.97 Å². The summed E-state index contributed by atoms with van der Waals surface area (Å²) in [5.74, 6) is -1.25. The third-order valence-corrected chi connectivity index (χ3v) is 6.84.